The first-order valence-electron chi connectivity index (χ1n) is 3.87. The van der Waals surface area contributed by atoms with Gasteiger partial charge in [-0.25, -0.2) is 4.98 Å². The minimum atomic E-state index is -0.180. The maximum atomic E-state index is 11.0. The molecule has 66 valence electrons. The summed E-state index contributed by atoms with van der Waals surface area (Å²) in [4.78, 5) is 17.5. The van der Waals surface area contributed by atoms with Gasteiger partial charge in [0.25, 0.3) is 5.56 Å². The van der Waals surface area contributed by atoms with Crippen LogP contribution in [0.25, 0.3) is 11.6 Å². The van der Waals surface area contributed by atoms with Crippen LogP contribution in [0.5, 0.6) is 0 Å². The molecule has 0 bridgehead atoms. The Morgan fingerprint density at radius 2 is 2.31 bits per heavy atom. The predicted octanol–water partition coefficient (Wildman–Crippen LogP) is 1.34. The van der Waals surface area contributed by atoms with Crippen molar-refractivity contribution in [3.05, 3.63) is 40.5 Å². The van der Waals surface area contributed by atoms with E-state index < -0.39 is 0 Å². The second-order valence-electron chi connectivity index (χ2n) is 2.72. The zero-order valence-corrected chi connectivity index (χ0v) is 7.07. The molecule has 0 aliphatic carbocycles. The van der Waals surface area contributed by atoms with Gasteiger partial charge >= 0.3 is 0 Å². The number of aromatic amines is 1. The molecule has 0 radical (unpaired) electrons. The van der Waals surface area contributed by atoms with Crippen LogP contribution in [-0.4, -0.2) is 9.97 Å². The summed E-state index contributed by atoms with van der Waals surface area (Å²) in [6.07, 6.45) is 3.02. The lowest BCUT2D eigenvalue weighted by Gasteiger charge is -1.95. The first-order chi connectivity index (χ1) is 6.27. The topological polar surface area (TPSA) is 58.9 Å². The summed E-state index contributed by atoms with van der Waals surface area (Å²) in [5.74, 6) is 1.08. The van der Waals surface area contributed by atoms with Crippen LogP contribution < -0.4 is 5.56 Å². The Balaban J connectivity index is 2.59. The van der Waals surface area contributed by atoms with Crippen LogP contribution in [0, 0.1) is 6.92 Å². The van der Waals surface area contributed by atoms with Crippen LogP contribution in [-0.2, 0) is 0 Å². The van der Waals surface area contributed by atoms with Crippen LogP contribution in [0.15, 0.2) is 33.8 Å². The summed E-state index contributed by atoms with van der Waals surface area (Å²) < 4.78 is 5.17. The fourth-order valence-corrected chi connectivity index (χ4v) is 1.10. The van der Waals surface area contributed by atoms with Gasteiger partial charge in [0, 0.05) is 12.3 Å². The lowest BCUT2D eigenvalue weighted by Crippen LogP contribution is -2.05. The Hall–Kier alpha value is -1.84. The summed E-state index contributed by atoms with van der Waals surface area (Å²) in [6, 6.07) is 3.18. The molecule has 2 aromatic heterocycles. The maximum Gasteiger partial charge on any atom is 0.251 e. The largest absolute Gasteiger partial charge is 0.461 e. The third-order valence-electron chi connectivity index (χ3n) is 1.75. The van der Waals surface area contributed by atoms with E-state index in [1.807, 2.05) is 13.0 Å². The molecule has 1 N–H and O–H groups in total. The van der Waals surface area contributed by atoms with E-state index >= 15 is 0 Å². The third kappa shape index (κ3) is 1.38. The van der Waals surface area contributed by atoms with Crippen molar-refractivity contribution in [3.63, 3.8) is 0 Å². The smallest absolute Gasteiger partial charge is 0.251 e. The third-order valence-corrected chi connectivity index (χ3v) is 1.75. The zero-order chi connectivity index (χ0) is 9.26. The van der Waals surface area contributed by atoms with Gasteiger partial charge in [-0.2, -0.15) is 0 Å². The number of hydrogen-bond acceptors (Lipinski definition) is 3. The summed E-state index contributed by atoms with van der Waals surface area (Å²) in [5, 5.41) is 0. The van der Waals surface area contributed by atoms with E-state index in [9.17, 15) is 4.79 Å². The minimum Gasteiger partial charge on any atom is -0.461 e. The normalized spacial score (nSPS) is 10.2. The summed E-state index contributed by atoms with van der Waals surface area (Å²) in [6.45, 7) is 1.89. The van der Waals surface area contributed by atoms with Gasteiger partial charge in [0.05, 0.1) is 6.26 Å². The van der Waals surface area contributed by atoms with Crippen molar-refractivity contribution in [2.45, 2.75) is 6.92 Å². The molecule has 2 aromatic rings. The van der Waals surface area contributed by atoms with E-state index in [-0.39, 0.29) is 5.56 Å². The van der Waals surface area contributed by atoms with Crippen LogP contribution in [0.3, 0.4) is 0 Å². The van der Waals surface area contributed by atoms with E-state index in [4.69, 9.17) is 4.42 Å². The van der Waals surface area contributed by atoms with Crippen LogP contribution in [0.2, 0.25) is 0 Å². The predicted molar refractivity (Wildman–Crippen MR) is 47.3 cm³/mol. The van der Waals surface area contributed by atoms with Crippen LogP contribution in [0.4, 0.5) is 0 Å². The monoisotopic (exact) mass is 176 g/mol. The average molecular weight is 176 g/mol. The first-order valence-corrected chi connectivity index (χ1v) is 3.87. The summed E-state index contributed by atoms with van der Waals surface area (Å²) in [5.41, 5.74) is 0.773. The average Bonchev–Trinajstić information content (AvgIpc) is 2.51. The summed E-state index contributed by atoms with van der Waals surface area (Å²) in [7, 11) is 0. The molecule has 2 heterocycles. The van der Waals surface area contributed by atoms with Crippen molar-refractivity contribution in [1.82, 2.24) is 9.97 Å². The number of hydrogen-bond donors (Lipinski definition) is 1. The van der Waals surface area contributed by atoms with E-state index in [0.717, 1.165) is 5.56 Å². The van der Waals surface area contributed by atoms with E-state index in [2.05, 4.69) is 9.97 Å². The van der Waals surface area contributed by atoms with Crippen molar-refractivity contribution in [3.8, 4) is 11.6 Å². The molecule has 2 rings (SSSR count). The molecule has 0 spiro atoms. The molecule has 13 heavy (non-hydrogen) atoms. The fraction of sp³-hybridized carbons (Fsp3) is 0.111. The van der Waals surface area contributed by atoms with Gasteiger partial charge in [-0.05, 0) is 18.6 Å². The highest BCUT2D eigenvalue weighted by Crippen LogP contribution is 2.18. The molecule has 4 heteroatoms. The molecule has 0 saturated heterocycles. The van der Waals surface area contributed by atoms with Crippen molar-refractivity contribution in [1.29, 1.82) is 0 Å². The van der Waals surface area contributed by atoms with E-state index in [1.54, 1.807) is 6.26 Å². The lowest BCUT2D eigenvalue weighted by atomic mass is 10.3. The number of aryl methyl sites for hydroxylation is 1. The van der Waals surface area contributed by atoms with Crippen molar-refractivity contribution < 1.29 is 4.42 Å². The lowest BCUT2D eigenvalue weighted by molar-refractivity contribution is 0.575. The molecule has 0 fully saturated rings. The van der Waals surface area contributed by atoms with Gasteiger partial charge in [-0.1, -0.05) is 0 Å². The Morgan fingerprint density at radius 1 is 1.46 bits per heavy atom. The Kier molecular flexibility index (Phi) is 1.73. The Bertz CT molecular complexity index is 470. The van der Waals surface area contributed by atoms with Gasteiger partial charge in [-0.3, -0.25) is 4.79 Å². The van der Waals surface area contributed by atoms with Crippen molar-refractivity contribution >= 4 is 0 Å². The number of nitrogens with one attached hydrogen (secondary N) is 1. The first kappa shape index (κ1) is 7.79. The SMILES string of the molecule is Cc1ccoc1-c1nccc(=O)[nH]1. The fourth-order valence-electron chi connectivity index (χ4n) is 1.10. The maximum absolute atomic E-state index is 11.0. The van der Waals surface area contributed by atoms with Crippen LogP contribution >= 0.6 is 0 Å². The highest BCUT2D eigenvalue weighted by atomic mass is 16.3. The number of furan rings is 1. The standard InChI is InChI=1S/C9H8N2O2/c1-6-3-5-13-8(6)9-10-4-2-7(12)11-9/h2-5H,1H3,(H,10,11,12). The highest BCUT2D eigenvalue weighted by molar-refractivity contribution is 5.51. The van der Waals surface area contributed by atoms with Gasteiger partial charge in [0.2, 0.25) is 0 Å². The molecule has 0 aliphatic heterocycles. The second-order valence-corrected chi connectivity index (χ2v) is 2.72. The molecule has 4 nitrogen and oxygen atoms in total. The molecule has 0 aromatic carbocycles. The number of rotatable bonds is 1. The van der Waals surface area contributed by atoms with E-state index in [0.29, 0.717) is 11.6 Å². The van der Waals surface area contributed by atoms with Gasteiger partial charge in [-0.15, -0.1) is 0 Å². The minimum absolute atomic E-state index is 0.180. The van der Waals surface area contributed by atoms with Crippen molar-refractivity contribution in [2.24, 2.45) is 0 Å². The van der Waals surface area contributed by atoms with E-state index in [1.165, 1.54) is 12.3 Å². The van der Waals surface area contributed by atoms with Gasteiger partial charge in [0.15, 0.2) is 11.6 Å². The summed E-state index contributed by atoms with van der Waals surface area (Å²) >= 11 is 0. The quantitative estimate of drug-likeness (QED) is 0.713. The molecule has 0 amide bonds. The molecule has 0 unspecified atom stereocenters. The highest BCUT2D eigenvalue weighted by Gasteiger charge is 2.06. The number of aromatic nitrogens is 2. The molecule has 0 saturated carbocycles. The zero-order valence-electron chi connectivity index (χ0n) is 7.07. The molecular weight excluding hydrogens is 168 g/mol. The van der Waals surface area contributed by atoms with Crippen LogP contribution in [0.1, 0.15) is 5.56 Å². The Labute approximate surface area is 74.2 Å². The molecule has 0 aliphatic rings. The van der Waals surface area contributed by atoms with Crippen molar-refractivity contribution in [2.75, 3.05) is 0 Å². The molecular formula is C9H8N2O2. The second kappa shape index (κ2) is 2.90. The number of nitrogens with zero attached hydrogens (tertiary/aromatic N) is 1. The van der Waals surface area contributed by atoms with Gasteiger partial charge < -0.3 is 9.40 Å². The molecule has 0 atom stereocenters. The van der Waals surface area contributed by atoms with Gasteiger partial charge in [0.1, 0.15) is 0 Å². The number of H-pyrrole nitrogens is 1. The Morgan fingerprint density at radius 3 is 2.92 bits per heavy atom.